The predicted molar refractivity (Wildman–Crippen MR) is 71.2 cm³/mol. The van der Waals surface area contributed by atoms with E-state index in [0.717, 1.165) is 32.2 Å². The Morgan fingerprint density at radius 2 is 2.42 bits per heavy atom. The molecule has 2 heterocycles. The molecule has 7 nitrogen and oxygen atoms in total. The van der Waals surface area contributed by atoms with Crippen molar-refractivity contribution in [3.63, 3.8) is 0 Å². The zero-order valence-electron chi connectivity index (χ0n) is 10.7. The molecule has 0 aromatic carbocycles. The van der Waals surface area contributed by atoms with Gasteiger partial charge in [0.25, 0.3) is 0 Å². The summed E-state index contributed by atoms with van der Waals surface area (Å²) in [5.74, 6) is 0.691. The van der Waals surface area contributed by atoms with E-state index in [2.05, 4.69) is 20.3 Å². The number of nitrogens with two attached hydrogens (primary N) is 1. The molecule has 104 valence electrons. The van der Waals surface area contributed by atoms with Gasteiger partial charge < -0.3 is 20.9 Å². The van der Waals surface area contributed by atoms with Crippen LogP contribution in [0.25, 0.3) is 0 Å². The summed E-state index contributed by atoms with van der Waals surface area (Å²) in [7, 11) is 0. The average Bonchev–Trinajstić information content (AvgIpc) is 2.92. The molecule has 7 heteroatoms. The van der Waals surface area contributed by atoms with E-state index in [1.807, 2.05) is 0 Å². The van der Waals surface area contributed by atoms with Crippen LogP contribution in [0.5, 0.6) is 0 Å². The maximum absolute atomic E-state index is 8.95. The van der Waals surface area contributed by atoms with Gasteiger partial charge in [0.2, 0.25) is 0 Å². The molecule has 0 radical (unpaired) electrons. The molecule has 1 saturated heterocycles. The van der Waals surface area contributed by atoms with Gasteiger partial charge in [-0.25, -0.2) is 0 Å². The van der Waals surface area contributed by atoms with Crippen molar-refractivity contribution in [1.29, 1.82) is 0 Å². The third-order valence-electron chi connectivity index (χ3n) is 3.43. The van der Waals surface area contributed by atoms with E-state index in [4.69, 9.17) is 16.0 Å². The van der Waals surface area contributed by atoms with Crippen molar-refractivity contribution in [1.82, 2.24) is 10.2 Å². The molecule has 1 atom stereocenters. The summed E-state index contributed by atoms with van der Waals surface area (Å²) >= 11 is 0. The van der Waals surface area contributed by atoms with Gasteiger partial charge in [0, 0.05) is 19.2 Å². The van der Waals surface area contributed by atoms with Gasteiger partial charge in [-0.15, -0.1) is 5.10 Å². The Labute approximate surface area is 111 Å². The highest BCUT2D eigenvalue weighted by molar-refractivity contribution is 6.01. The number of hydrogen-bond donors (Lipinski definition) is 3. The fraction of sp³-hybridized carbons (Fsp3) is 0.583. The van der Waals surface area contributed by atoms with E-state index in [1.54, 1.807) is 6.07 Å². The largest absolute Gasteiger partial charge is 0.409 e. The molecule has 0 spiro atoms. The SMILES string of the molecule is N/C(=N/O)c1ccnnc1N1CCCC1CCCO. The van der Waals surface area contributed by atoms with E-state index in [9.17, 15) is 0 Å². The summed E-state index contributed by atoms with van der Waals surface area (Å²) in [4.78, 5) is 2.13. The van der Waals surface area contributed by atoms with Crippen LogP contribution in [0.3, 0.4) is 0 Å². The highest BCUT2D eigenvalue weighted by Crippen LogP contribution is 2.28. The molecular formula is C12H19N5O2. The molecule has 1 aromatic heterocycles. The van der Waals surface area contributed by atoms with Crippen LogP contribution in [0.1, 0.15) is 31.2 Å². The normalized spacial score (nSPS) is 19.9. The Balaban J connectivity index is 2.25. The fourth-order valence-corrected chi connectivity index (χ4v) is 2.53. The van der Waals surface area contributed by atoms with Crippen molar-refractivity contribution in [3.05, 3.63) is 17.8 Å². The first kappa shape index (κ1) is 13.5. The molecule has 0 amide bonds. The summed E-state index contributed by atoms with van der Waals surface area (Å²) in [6, 6.07) is 2.02. The Hall–Kier alpha value is -1.89. The third-order valence-corrected chi connectivity index (χ3v) is 3.43. The Morgan fingerprint density at radius 3 is 3.16 bits per heavy atom. The maximum Gasteiger partial charge on any atom is 0.173 e. The minimum atomic E-state index is 0.0395. The summed E-state index contributed by atoms with van der Waals surface area (Å²) in [6.45, 7) is 1.07. The second kappa shape index (κ2) is 6.33. The standard InChI is InChI=1S/C12H19N5O2/c13-11(16-19)10-5-6-14-15-12(10)17-7-1-3-9(17)4-2-8-18/h5-6,9,18-19H,1-4,7-8H2,(H2,13,16). The van der Waals surface area contributed by atoms with Crippen molar-refractivity contribution in [3.8, 4) is 0 Å². The molecule has 19 heavy (non-hydrogen) atoms. The second-order valence-corrected chi connectivity index (χ2v) is 4.61. The van der Waals surface area contributed by atoms with Gasteiger partial charge in [0.15, 0.2) is 11.7 Å². The lowest BCUT2D eigenvalue weighted by Crippen LogP contribution is -2.32. The number of amidine groups is 1. The van der Waals surface area contributed by atoms with Crippen LogP contribution < -0.4 is 10.6 Å². The van der Waals surface area contributed by atoms with Crippen LogP contribution >= 0.6 is 0 Å². The van der Waals surface area contributed by atoms with Gasteiger partial charge in [0.05, 0.1) is 11.8 Å². The van der Waals surface area contributed by atoms with Crippen LogP contribution in [0.4, 0.5) is 5.82 Å². The summed E-state index contributed by atoms with van der Waals surface area (Å²) in [6.07, 6.45) is 5.33. The monoisotopic (exact) mass is 265 g/mol. The zero-order chi connectivity index (χ0) is 13.7. The van der Waals surface area contributed by atoms with Crippen LogP contribution in [0, 0.1) is 0 Å². The van der Waals surface area contributed by atoms with E-state index in [-0.39, 0.29) is 12.4 Å². The van der Waals surface area contributed by atoms with Gasteiger partial charge >= 0.3 is 0 Å². The number of aliphatic hydroxyl groups excluding tert-OH is 1. The van der Waals surface area contributed by atoms with Crippen LogP contribution in [-0.2, 0) is 0 Å². The lowest BCUT2D eigenvalue weighted by atomic mass is 10.1. The summed E-state index contributed by atoms with van der Waals surface area (Å²) < 4.78 is 0. The number of oxime groups is 1. The first-order valence-corrected chi connectivity index (χ1v) is 6.45. The maximum atomic E-state index is 8.95. The van der Waals surface area contributed by atoms with Crippen molar-refractivity contribution in [2.24, 2.45) is 10.9 Å². The Bertz CT molecular complexity index is 452. The molecule has 0 bridgehead atoms. The molecule has 0 aliphatic carbocycles. The molecule has 1 aliphatic heterocycles. The predicted octanol–water partition coefficient (Wildman–Crippen LogP) is 0.312. The topological polar surface area (TPSA) is 108 Å². The number of hydrogen-bond acceptors (Lipinski definition) is 6. The van der Waals surface area contributed by atoms with Crippen molar-refractivity contribution in [2.45, 2.75) is 31.7 Å². The van der Waals surface area contributed by atoms with Crippen molar-refractivity contribution < 1.29 is 10.3 Å². The van der Waals surface area contributed by atoms with Gasteiger partial charge in [0.1, 0.15) is 0 Å². The molecule has 2 rings (SSSR count). The minimum Gasteiger partial charge on any atom is -0.409 e. The fourth-order valence-electron chi connectivity index (χ4n) is 2.53. The van der Waals surface area contributed by atoms with Crippen LogP contribution in [0.2, 0.25) is 0 Å². The van der Waals surface area contributed by atoms with E-state index in [0.29, 0.717) is 17.4 Å². The number of aliphatic hydroxyl groups is 1. The van der Waals surface area contributed by atoms with Crippen molar-refractivity contribution >= 4 is 11.7 Å². The van der Waals surface area contributed by atoms with Crippen LogP contribution in [-0.4, -0.2) is 45.5 Å². The van der Waals surface area contributed by atoms with E-state index < -0.39 is 0 Å². The number of rotatable bonds is 5. The molecular weight excluding hydrogens is 246 g/mol. The van der Waals surface area contributed by atoms with Gasteiger partial charge in [-0.3, -0.25) is 0 Å². The second-order valence-electron chi connectivity index (χ2n) is 4.61. The van der Waals surface area contributed by atoms with E-state index in [1.165, 1.54) is 6.20 Å². The molecule has 4 N–H and O–H groups in total. The average molecular weight is 265 g/mol. The zero-order valence-corrected chi connectivity index (χ0v) is 10.7. The third kappa shape index (κ3) is 2.93. The molecule has 1 aromatic rings. The highest BCUT2D eigenvalue weighted by Gasteiger charge is 2.28. The quantitative estimate of drug-likeness (QED) is 0.306. The van der Waals surface area contributed by atoms with Gasteiger partial charge in [-0.2, -0.15) is 5.10 Å². The number of anilines is 1. The number of nitrogens with zero attached hydrogens (tertiary/aromatic N) is 4. The van der Waals surface area contributed by atoms with Gasteiger partial charge in [-0.05, 0) is 31.7 Å². The summed E-state index contributed by atoms with van der Waals surface area (Å²) in [5, 5.41) is 28.8. The van der Waals surface area contributed by atoms with Crippen LogP contribution in [0.15, 0.2) is 17.4 Å². The molecule has 1 unspecified atom stereocenters. The summed E-state index contributed by atoms with van der Waals surface area (Å²) in [5.41, 5.74) is 6.26. The molecule has 1 fully saturated rings. The minimum absolute atomic E-state index is 0.0395. The smallest absolute Gasteiger partial charge is 0.173 e. The Kier molecular flexibility index (Phi) is 4.51. The van der Waals surface area contributed by atoms with Gasteiger partial charge in [-0.1, -0.05) is 5.16 Å². The molecule has 0 saturated carbocycles. The first-order valence-electron chi connectivity index (χ1n) is 6.45. The lowest BCUT2D eigenvalue weighted by molar-refractivity contribution is 0.279. The number of aromatic nitrogens is 2. The van der Waals surface area contributed by atoms with Crippen molar-refractivity contribution in [2.75, 3.05) is 18.1 Å². The lowest BCUT2D eigenvalue weighted by Gasteiger charge is -2.26. The highest BCUT2D eigenvalue weighted by atomic mass is 16.4. The first-order chi connectivity index (χ1) is 9.27. The van der Waals surface area contributed by atoms with E-state index >= 15 is 0 Å². The molecule has 1 aliphatic rings. The Morgan fingerprint density at radius 1 is 1.58 bits per heavy atom.